The minimum absolute atomic E-state index is 0.0164. The van der Waals surface area contributed by atoms with Crippen molar-refractivity contribution in [1.82, 2.24) is 15.5 Å². The van der Waals surface area contributed by atoms with Crippen LogP contribution < -0.4 is 5.32 Å². The fourth-order valence-electron chi connectivity index (χ4n) is 3.28. The molecule has 0 saturated carbocycles. The molecule has 0 saturated heterocycles. The van der Waals surface area contributed by atoms with Crippen LogP contribution in [0.3, 0.4) is 0 Å². The Morgan fingerprint density at radius 1 is 1.19 bits per heavy atom. The second-order valence-electron chi connectivity index (χ2n) is 6.37. The highest BCUT2D eigenvalue weighted by Crippen LogP contribution is 2.32. The minimum Gasteiger partial charge on any atom is -0.421 e. The zero-order chi connectivity index (χ0) is 17.9. The lowest BCUT2D eigenvalue weighted by Crippen LogP contribution is -2.27. The van der Waals surface area contributed by atoms with Crippen LogP contribution in [0.4, 0.5) is 0 Å². The SMILES string of the molecule is O=C(CCc1nnc(-c2ccccc2)o1)N[C@@H]1CCc2cc(Cl)ccc21. The number of aromatic nitrogens is 2. The number of amides is 1. The van der Waals surface area contributed by atoms with E-state index >= 15 is 0 Å². The van der Waals surface area contributed by atoms with Gasteiger partial charge in [0.05, 0.1) is 6.04 Å². The Morgan fingerprint density at radius 2 is 2.04 bits per heavy atom. The lowest BCUT2D eigenvalue weighted by Gasteiger charge is -2.13. The standard InChI is InChI=1S/C20H18ClN3O2/c21-15-7-8-16-14(12-15)6-9-17(16)22-18(25)10-11-19-23-24-20(26-19)13-4-2-1-3-5-13/h1-5,7-8,12,17H,6,9-11H2,(H,22,25)/t17-/m1/s1. The smallest absolute Gasteiger partial charge is 0.247 e. The lowest BCUT2D eigenvalue weighted by molar-refractivity contribution is -0.121. The van der Waals surface area contributed by atoms with E-state index < -0.39 is 0 Å². The Balaban J connectivity index is 1.34. The Kier molecular flexibility index (Phi) is 4.71. The molecule has 0 aliphatic heterocycles. The lowest BCUT2D eigenvalue weighted by atomic mass is 10.1. The van der Waals surface area contributed by atoms with Gasteiger partial charge in [-0.3, -0.25) is 4.79 Å². The first-order valence-corrected chi connectivity index (χ1v) is 9.02. The van der Waals surface area contributed by atoms with E-state index in [-0.39, 0.29) is 11.9 Å². The highest BCUT2D eigenvalue weighted by atomic mass is 35.5. The number of carbonyl (C=O) groups excluding carboxylic acids is 1. The number of nitrogens with zero attached hydrogens (tertiary/aromatic N) is 2. The summed E-state index contributed by atoms with van der Waals surface area (Å²) >= 11 is 6.03. The van der Waals surface area contributed by atoms with E-state index in [2.05, 4.69) is 15.5 Å². The number of hydrogen-bond donors (Lipinski definition) is 1. The summed E-state index contributed by atoms with van der Waals surface area (Å²) in [6, 6.07) is 15.5. The van der Waals surface area contributed by atoms with E-state index in [1.807, 2.05) is 48.5 Å². The predicted molar refractivity (Wildman–Crippen MR) is 98.7 cm³/mol. The third-order valence-corrected chi connectivity index (χ3v) is 4.81. The summed E-state index contributed by atoms with van der Waals surface area (Å²) in [7, 11) is 0. The van der Waals surface area contributed by atoms with Gasteiger partial charge in [-0.15, -0.1) is 10.2 Å². The van der Waals surface area contributed by atoms with Gasteiger partial charge in [-0.25, -0.2) is 0 Å². The first-order chi connectivity index (χ1) is 12.7. The van der Waals surface area contributed by atoms with E-state index in [9.17, 15) is 4.79 Å². The number of benzene rings is 2. The molecule has 0 bridgehead atoms. The third-order valence-electron chi connectivity index (χ3n) is 4.57. The number of rotatable bonds is 5. The molecule has 0 radical (unpaired) electrons. The van der Waals surface area contributed by atoms with Crippen molar-refractivity contribution in [3.05, 3.63) is 70.6 Å². The number of fused-ring (bicyclic) bond motifs is 1. The van der Waals surface area contributed by atoms with E-state index in [0.717, 1.165) is 29.0 Å². The van der Waals surface area contributed by atoms with Crippen molar-refractivity contribution in [2.24, 2.45) is 0 Å². The maximum absolute atomic E-state index is 12.3. The van der Waals surface area contributed by atoms with E-state index in [0.29, 0.717) is 24.6 Å². The molecule has 1 N–H and O–H groups in total. The van der Waals surface area contributed by atoms with Gasteiger partial charge in [0.1, 0.15) is 0 Å². The molecule has 1 aliphatic carbocycles. The number of carbonyl (C=O) groups is 1. The maximum Gasteiger partial charge on any atom is 0.247 e. The first kappa shape index (κ1) is 16.8. The van der Waals surface area contributed by atoms with Crippen LogP contribution in [0.15, 0.2) is 52.9 Å². The van der Waals surface area contributed by atoms with Crippen molar-refractivity contribution < 1.29 is 9.21 Å². The molecule has 3 aromatic rings. The molecule has 1 heterocycles. The molecule has 6 heteroatoms. The van der Waals surface area contributed by atoms with Gasteiger partial charge < -0.3 is 9.73 Å². The van der Waals surface area contributed by atoms with Crippen LogP contribution in [0.25, 0.3) is 11.5 Å². The fraction of sp³-hybridized carbons (Fsp3) is 0.250. The molecule has 0 spiro atoms. The molecule has 2 aromatic carbocycles. The second-order valence-corrected chi connectivity index (χ2v) is 6.81. The Morgan fingerprint density at radius 3 is 2.88 bits per heavy atom. The normalized spacial score (nSPS) is 15.7. The zero-order valence-electron chi connectivity index (χ0n) is 14.1. The Bertz CT molecular complexity index is 924. The molecule has 1 amide bonds. The van der Waals surface area contributed by atoms with Gasteiger partial charge in [-0.05, 0) is 48.2 Å². The molecule has 1 aliphatic rings. The van der Waals surface area contributed by atoms with Gasteiger partial charge in [-0.2, -0.15) is 0 Å². The van der Waals surface area contributed by atoms with E-state index in [4.69, 9.17) is 16.0 Å². The van der Waals surface area contributed by atoms with Crippen molar-refractivity contribution in [2.45, 2.75) is 31.7 Å². The van der Waals surface area contributed by atoms with Crippen molar-refractivity contribution >= 4 is 17.5 Å². The van der Waals surface area contributed by atoms with Gasteiger partial charge >= 0.3 is 0 Å². The first-order valence-electron chi connectivity index (χ1n) is 8.64. The molecule has 1 aromatic heterocycles. The van der Waals surface area contributed by atoms with Crippen LogP contribution in [-0.4, -0.2) is 16.1 Å². The second kappa shape index (κ2) is 7.30. The van der Waals surface area contributed by atoms with Crippen LogP contribution in [-0.2, 0) is 17.6 Å². The molecule has 5 nitrogen and oxygen atoms in total. The fourth-order valence-corrected chi connectivity index (χ4v) is 3.47. The van der Waals surface area contributed by atoms with Crippen molar-refractivity contribution in [2.75, 3.05) is 0 Å². The number of aryl methyl sites for hydroxylation is 2. The van der Waals surface area contributed by atoms with Crippen LogP contribution >= 0.6 is 11.6 Å². The average Bonchev–Trinajstić information content (AvgIpc) is 3.28. The van der Waals surface area contributed by atoms with Crippen LogP contribution in [0.1, 0.15) is 35.9 Å². The molecule has 0 unspecified atom stereocenters. The van der Waals surface area contributed by atoms with Crippen LogP contribution in [0.2, 0.25) is 5.02 Å². The van der Waals surface area contributed by atoms with Gasteiger partial charge in [0.2, 0.25) is 17.7 Å². The number of nitrogens with one attached hydrogen (secondary N) is 1. The van der Waals surface area contributed by atoms with Crippen molar-refractivity contribution in [3.63, 3.8) is 0 Å². The number of hydrogen-bond acceptors (Lipinski definition) is 4. The van der Waals surface area contributed by atoms with Crippen LogP contribution in [0, 0.1) is 0 Å². The van der Waals surface area contributed by atoms with Gasteiger partial charge in [0, 0.05) is 23.4 Å². The summed E-state index contributed by atoms with van der Waals surface area (Å²) in [5, 5.41) is 11.9. The highest BCUT2D eigenvalue weighted by molar-refractivity contribution is 6.30. The quantitative estimate of drug-likeness (QED) is 0.736. The summed E-state index contributed by atoms with van der Waals surface area (Å²) in [5.41, 5.74) is 3.25. The molecular formula is C20H18ClN3O2. The van der Waals surface area contributed by atoms with E-state index in [1.54, 1.807) is 0 Å². The van der Waals surface area contributed by atoms with Crippen molar-refractivity contribution in [3.8, 4) is 11.5 Å². The molecule has 26 heavy (non-hydrogen) atoms. The maximum atomic E-state index is 12.3. The third kappa shape index (κ3) is 3.63. The minimum atomic E-state index is -0.0164. The summed E-state index contributed by atoms with van der Waals surface area (Å²) in [5.74, 6) is 0.928. The Labute approximate surface area is 156 Å². The van der Waals surface area contributed by atoms with Gasteiger partial charge in [-0.1, -0.05) is 35.9 Å². The van der Waals surface area contributed by atoms with Crippen molar-refractivity contribution in [1.29, 1.82) is 0 Å². The van der Waals surface area contributed by atoms with Gasteiger partial charge in [0.25, 0.3) is 0 Å². The summed E-state index contributed by atoms with van der Waals surface area (Å²) in [6.07, 6.45) is 2.58. The molecular weight excluding hydrogens is 350 g/mol. The Hall–Kier alpha value is -2.66. The summed E-state index contributed by atoms with van der Waals surface area (Å²) in [6.45, 7) is 0. The number of halogens is 1. The topological polar surface area (TPSA) is 68.0 Å². The van der Waals surface area contributed by atoms with Crippen LogP contribution in [0.5, 0.6) is 0 Å². The van der Waals surface area contributed by atoms with Gasteiger partial charge in [0.15, 0.2) is 0 Å². The predicted octanol–water partition coefficient (Wildman–Crippen LogP) is 4.13. The molecule has 132 valence electrons. The molecule has 0 fully saturated rings. The highest BCUT2D eigenvalue weighted by Gasteiger charge is 2.24. The summed E-state index contributed by atoms with van der Waals surface area (Å²) in [4.78, 5) is 12.3. The summed E-state index contributed by atoms with van der Waals surface area (Å²) < 4.78 is 5.64. The average molecular weight is 368 g/mol. The monoisotopic (exact) mass is 367 g/mol. The molecule has 4 rings (SSSR count). The van der Waals surface area contributed by atoms with E-state index in [1.165, 1.54) is 5.56 Å². The largest absolute Gasteiger partial charge is 0.421 e. The molecule has 1 atom stereocenters. The zero-order valence-corrected chi connectivity index (χ0v) is 14.9.